The number of hydrogen-bond donors (Lipinski definition) is 2. The molecule has 214 valence electrons. The van der Waals surface area contributed by atoms with E-state index in [2.05, 4.69) is 23.7 Å². The Morgan fingerprint density at radius 3 is 2.41 bits per heavy atom. The number of hydrogen-bond acceptors (Lipinski definition) is 6. The van der Waals surface area contributed by atoms with Gasteiger partial charge in [-0.2, -0.15) is 18.3 Å². The van der Waals surface area contributed by atoms with E-state index in [1.54, 1.807) is 0 Å². The second-order valence-electron chi connectivity index (χ2n) is 10.5. The van der Waals surface area contributed by atoms with E-state index >= 15 is 0 Å². The summed E-state index contributed by atoms with van der Waals surface area (Å²) in [6, 6.07) is 7.45. The van der Waals surface area contributed by atoms with Crippen LogP contribution in [0.3, 0.4) is 0 Å². The molecule has 4 heterocycles. The first-order valence-electron chi connectivity index (χ1n) is 13.2. The van der Waals surface area contributed by atoms with Crippen LogP contribution >= 0.6 is 0 Å². The molecule has 1 atom stereocenters. The Morgan fingerprint density at radius 2 is 1.78 bits per heavy atom. The lowest BCUT2D eigenvalue weighted by Crippen LogP contribution is -2.46. The molecule has 3 aromatic rings. The molecule has 1 fully saturated rings. The second kappa shape index (κ2) is 9.60. The van der Waals surface area contributed by atoms with E-state index in [4.69, 9.17) is 16.6 Å². The number of benzene rings is 1. The zero-order valence-electron chi connectivity index (χ0n) is 21.9. The van der Waals surface area contributed by atoms with Crippen molar-refractivity contribution in [3.63, 3.8) is 0 Å². The van der Waals surface area contributed by atoms with Gasteiger partial charge < -0.3 is 21.3 Å². The number of alkyl halides is 3. The Balaban J connectivity index is 1.43. The molecule has 2 aromatic heterocycles. The van der Waals surface area contributed by atoms with E-state index in [0.717, 1.165) is 16.9 Å². The van der Waals surface area contributed by atoms with Gasteiger partial charge in [0.25, 0.3) is 5.91 Å². The van der Waals surface area contributed by atoms with E-state index in [1.807, 2.05) is 16.8 Å². The molecule has 2 aliphatic heterocycles. The molecule has 2 amide bonds. The van der Waals surface area contributed by atoms with Crippen LogP contribution in [0.4, 0.5) is 29.1 Å². The zero-order valence-corrected chi connectivity index (χ0v) is 21.9. The first kappa shape index (κ1) is 26.8. The van der Waals surface area contributed by atoms with E-state index < -0.39 is 46.7 Å². The summed E-state index contributed by atoms with van der Waals surface area (Å²) in [6.07, 6.45) is -0.860. The largest absolute Gasteiger partial charge is 0.436 e. The lowest BCUT2D eigenvalue weighted by Gasteiger charge is -2.38. The average molecular weight is 570 g/mol. The number of nitrogen functional groups attached to an aromatic ring is 2. The molecule has 6 rings (SSSR count). The molecular weight excluding hydrogens is 542 g/mol. The predicted molar refractivity (Wildman–Crippen MR) is 142 cm³/mol. The normalized spacial score (nSPS) is 18.6. The van der Waals surface area contributed by atoms with Crippen molar-refractivity contribution in [3.8, 4) is 5.69 Å². The molecule has 0 saturated heterocycles. The Morgan fingerprint density at radius 1 is 1.07 bits per heavy atom. The Bertz CT molecular complexity index is 1580. The standard InChI is InChI=1S/C28H27F4N7O2/c1-2-20(40)37-11-9-17-21-18(39(36-17)16-7-5-15(6-8-16)14-3-4-14)10-12-38(19(21)13-37)27(41)22-24(33)23(29)25(28(30,31)32)35-26(22)34/h2,5-8,14,19H,1,3-4,9-13H2,(H4,33,34,35)/t19-/m0/s1. The maximum Gasteiger partial charge on any atom is 0.436 e. The number of amides is 2. The predicted octanol–water partition coefficient (Wildman–Crippen LogP) is 3.78. The zero-order chi connectivity index (χ0) is 29.2. The Hall–Kier alpha value is -4.42. The molecular formula is C28H27F4N7O2. The fourth-order valence-corrected chi connectivity index (χ4v) is 5.84. The van der Waals surface area contributed by atoms with Crippen LogP contribution < -0.4 is 11.5 Å². The lowest BCUT2D eigenvalue weighted by molar-refractivity contribution is -0.143. The van der Waals surface area contributed by atoms with Gasteiger partial charge in [0.2, 0.25) is 5.91 Å². The van der Waals surface area contributed by atoms with Gasteiger partial charge in [0, 0.05) is 38.0 Å². The first-order valence-corrected chi connectivity index (χ1v) is 13.2. The SMILES string of the molecule is C=CC(=O)N1CCc2nn(-c3ccc(C4CC4)cc3)c3c2[C@H](C1)N(C(=O)c1c(N)nc(C(F)(F)F)c(F)c1N)CC3. The van der Waals surface area contributed by atoms with Crippen LogP contribution in [0.15, 0.2) is 36.9 Å². The van der Waals surface area contributed by atoms with Gasteiger partial charge in [-0.3, -0.25) is 9.59 Å². The summed E-state index contributed by atoms with van der Waals surface area (Å²) in [4.78, 5) is 32.5. The number of carbonyl (C=O) groups is 2. The van der Waals surface area contributed by atoms with Crippen LogP contribution in [-0.4, -0.2) is 56.0 Å². The monoisotopic (exact) mass is 569 g/mol. The van der Waals surface area contributed by atoms with Crippen molar-refractivity contribution in [2.75, 3.05) is 31.1 Å². The van der Waals surface area contributed by atoms with Crippen LogP contribution in [-0.2, 0) is 23.8 Å². The van der Waals surface area contributed by atoms with Crippen LogP contribution in [0.5, 0.6) is 0 Å². The van der Waals surface area contributed by atoms with Gasteiger partial charge in [0.05, 0.1) is 28.8 Å². The highest BCUT2D eigenvalue weighted by molar-refractivity contribution is 6.04. The summed E-state index contributed by atoms with van der Waals surface area (Å²) >= 11 is 0. The third kappa shape index (κ3) is 4.49. The van der Waals surface area contributed by atoms with E-state index in [0.29, 0.717) is 31.0 Å². The van der Waals surface area contributed by atoms with Crippen LogP contribution in [0.25, 0.3) is 5.69 Å². The molecule has 9 nitrogen and oxygen atoms in total. The highest BCUT2D eigenvalue weighted by Crippen LogP contribution is 2.42. The minimum Gasteiger partial charge on any atom is -0.396 e. The summed E-state index contributed by atoms with van der Waals surface area (Å²) < 4.78 is 56.4. The third-order valence-corrected chi connectivity index (χ3v) is 8.03. The molecule has 13 heteroatoms. The molecule has 1 saturated carbocycles. The highest BCUT2D eigenvalue weighted by Gasteiger charge is 2.43. The van der Waals surface area contributed by atoms with Crippen molar-refractivity contribution < 1.29 is 27.2 Å². The van der Waals surface area contributed by atoms with Crippen molar-refractivity contribution >= 4 is 23.3 Å². The third-order valence-electron chi connectivity index (χ3n) is 8.03. The molecule has 1 aliphatic carbocycles. The number of carbonyl (C=O) groups excluding carboxylic acids is 2. The molecule has 3 aliphatic rings. The maximum atomic E-state index is 14.7. The summed E-state index contributed by atoms with van der Waals surface area (Å²) in [5.74, 6) is -3.32. The fraction of sp³-hybridized carbons (Fsp3) is 0.357. The van der Waals surface area contributed by atoms with Gasteiger partial charge in [0.15, 0.2) is 11.5 Å². The number of rotatable bonds is 4. The fourth-order valence-electron chi connectivity index (χ4n) is 5.84. The molecule has 0 bridgehead atoms. The van der Waals surface area contributed by atoms with Crippen molar-refractivity contribution in [2.45, 2.75) is 43.8 Å². The lowest BCUT2D eigenvalue weighted by atomic mass is 9.94. The van der Waals surface area contributed by atoms with Crippen molar-refractivity contribution in [1.82, 2.24) is 24.6 Å². The minimum absolute atomic E-state index is 0.0687. The van der Waals surface area contributed by atoms with Crippen molar-refractivity contribution in [1.29, 1.82) is 0 Å². The Labute approximate surface area is 232 Å². The molecule has 4 N–H and O–H groups in total. The number of nitrogens with zero attached hydrogens (tertiary/aromatic N) is 5. The number of nitrogens with two attached hydrogens (primary N) is 2. The maximum absolute atomic E-state index is 14.7. The Kier molecular flexibility index (Phi) is 6.27. The molecule has 1 aromatic carbocycles. The summed E-state index contributed by atoms with van der Waals surface area (Å²) in [6.45, 7) is 4.04. The molecule has 0 radical (unpaired) electrons. The minimum atomic E-state index is -5.15. The van der Waals surface area contributed by atoms with Gasteiger partial charge in [-0.1, -0.05) is 18.7 Å². The van der Waals surface area contributed by atoms with Crippen LogP contribution in [0.1, 0.15) is 63.4 Å². The van der Waals surface area contributed by atoms with Crippen LogP contribution in [0.2, 0.25) is 0 Å². The number of anilines is 2. The smallest absolute Gasteiger partial charge is 0.396 e. The van der Waals surface area contributed by atoms with Gasteiger partial charge in [-0.25, -0.2) is 14.1 Å². The number of halogens is 4. The van der Waals surface area contributed by atoms with Gasteiger partial charge in [-0.15, -0.1) is 0 Å². The van der Waals surface area contributed by atoms with Gasteiger partial charge in [-0.05, 0) is 42.5 Å². The quantitative estimate of drug-likeness (QED) is 0.364. The topological polar surface area (TPSA) is 123 Å². The van der Waals surface area contributed by atoms with Gasteiger partial charge >= 0.3 is 6.18 Å². The molecule has 0 unspecified atom stereocenters. The summed E-state index contributed by atoms with van der Waals surface area (Å²) in [7, 11) is 0. The molecule has 41 heavy (non-hydrogen) atoms. The number of aromatic nitrogens is 3. The average Bonchev–Trinajstić information content (AvgIpc) is 3.75. The van der Waals surface area contributed by atoms with Crippen molar-refractivity contribution in [3.05, 3.63) is 76.5 Å². The summed E-state index contributed by atoms with van der Waals surface area (Å²) in [5, 5.41) is 4.87. The number of pyridine rings is 1. The van der Waals surface area contributed by atoms with E-state index in [1.165, 1.54) is 34.3 Å². The second-order valence-corrected chi connectivity index (χ2v) is 10.5. The molecule has 0 spiro atoms. The van der Waals surface area contributed by atoms with Crippen molar-refractivity contribution in [2.24, 2.45) is 0 Å². The van der Waals surface area contributed by atoms with Crippen LogP contribution in [0, 0.1) is 5.82 Å². The van der Waals surface area contributed by atoms with Gasteiger partial charge in [0.1, 0.15) is 11.4 Å². The first-order chi connectivity index (χ1) is 19.5. The summed E-state index contributed by atoms with van der Waals surface area (Å²) in [5.41, 5.74) is 12.4. The highest BCUT2D eigenvalue weighted by atomic mass is 19.4. The van der Waals surface area contributed by atoms with E-state index in [9.17, 15) is 27.2 Å². The van der Waals surface area contributed by atoms with E-state index in [-0.39, 0.29) is 19.0 Å².